The Kier molecular flexibility index (Phi) is 3.77. The van der Waals surface area contributed by atoms with Gasteiger partial charge < -0.3 is 4.90 Å². The first-order chi connectivity index (χ1) is 6.06. The van der Waals surface area contributed by atoms with Gasteiger partial charge in [0.05, 0.1) is 0 Å². The number of amides is 1. The predicted octanol–water partition coefficient (Wildman–Crippen LogP) is 2.27. The molecule has 13 heavy (non-hydrogen) atoms. The van der Waals surface area contributed by atoms with Crippen LogP contribution in [0.5, 0.6) is 0 Å². The molecule has 0 bridgehead atoms. The number of carbonyl (C=O) groups is 1. The lowest BCUT2D eigenvalue weighted by Crippen LogP contribution is -2.47. The number of likely N-dealkylation sites (tertiary alicyclic amines) is 1. The van der Waals surface area contributed by atoms with Crippen molar-refractivity contribution in [1.82, 2.24) is 4.90 Å². The summed E-state index contributed by atoms with van der Waals surface area (Å²) in [4.78, 5) is 14.0. The van der Waals surface area contributed by atoms with Crippen molar-refractivity contribution in [2.45, 2.75) is 32.0 Å². The molecular weight excluding hydrogens is 230 g/mol. The van der Waals surface area contributed by atoms with Gasteiger partial charge in [0.2, 0.25) is 5.91 Å². The monoisotopic (exact) mass is 247 g/mol. The van der Waals surface area contributed by atoms with E-state index >= 15 is 0 Å². The standard InChI is InChI=1S/C10H18BrNO/c1-4-9(13)12-5-7(2)10(11)8(3)6-12/h7-8,10H,4-6H2,1-3H3. The Morgan fingerprint density at radius 2 is 1.85 bits per heavy atom. The van der Waals surface area contributed by atoms with Crippen LogP contribution in [0.25, 0.3) is 0 Å². The van der Waals surface area contributed by atoms with Crippen molar-refractivity contribution in [1.29, 1.82) is 0 Å². The number of carbonyl (C=O) groups excluding carboxylic acids is 1. The summed E-state index contributed by atoms with van der Waals surface area (Å²) in [6, 6.07) is 0. The minimum Gasteiger partial charge on any atom is -0.342 e. The van der Waals surface area contributed by atoms with Crippen molar-refractivity contribution in [3.05, 3.63) is 0 Å². The largest absolute Gasteiger partial charge is 0.342 e. The molecule has 2 atom stereocenters. The minimum absolute atomic E-state index is 0.290. The Morgan fingerprint density at radius 3 is 2.23 bits per heavy atom. The third kappa shape index (κ3) is 2.46. The third-order valence-corrected chi connectivity index (χ3v) is 4.56. The lowest BCUT2D eigenvalue weighted by Gasteiger charge is -2.38. The molecule has 76 valence electrons. The second-order valence-electron chi connectivity index (χ2n) is 4.05. The van der Waals surface area contributed by atoms with Crippen molar-refractivity contribution in [2.75, 3.05) is 13.1 Å². The zero-order valence-corrected chi connectivity index (χ0v) is 10.2. The summed E-state index contributed by atoms with van der Waals surface area (Å²) in [5, 5.41) is 0. The van der Waals surface area contributed by atoms with Crippen molar-refractivity contribution < 1.29 is 4.79 Å². The van der Waals surface area contributed by atoms with E-state index in [0.717, 1.165) is 13.1 Å². The number of hydrogen-bond acceptors (Lipinski definition) is 1. The number of hydrogen-bond donors (Lipinski definition) is 0. The molecule has 0 aromatic carbocycles. The molecule has 0 saturated carbocycles. The molecule has 1 amide bonds. The number of rotatable bonds is 1. The average Bonchev–Trinajstić information content (AvgIpc) is 2.12. The Morgan fingerprint density at radius 1 is 1.38 bits per heavy atom. The maximum atomic E-state index is 11.5. The Bertz CT molecular complexity index is 183. The van der Waals surface area contributed by atoms with Crippen LogP contribution in [0.15, 0.2) is 0 Å². The van der Waals surface area contributed by atoms with Gasteiger partial charge in [-0.05, 0) is 11.8 Å². The van der Waals surface area contributed by atoms with E-state index in [1.165, 1.54) is 0 Å². The van der Waals surface area contributed by atoms with Crippen LogP contribution in [0, 0.1) is 11.8 Å². The molecule has 0 N–H and O–H groups in total. The number of halogens is 1. The van der Waals surface area contributed by atoms with Crippen LogP contribution < -0.4 is 0 Å². The van der Waals surface area contributed by atoms with Crippen LogP contribution >= 0.6 is 15.9 Å². The first kappa shape index (κ1) is 11.0. The lowest BCUT2D eigenvalue weighted by molar-refractivity contribution is -0.133. The molecule has 1 heterocycles. The topological polar surface area (TPSA) is 20.3 Å². The molecule has 0 aliphatic carbocycles. The second kappa shape index (κ2) is 4.45. The molecule has 0 aromatic rings. The molecule has 1 saturated heterocycles. The van der Waals surface area contributed by atoms with Gasteiger partial charge >= 0.3 is 0 Å². The highest BCUT2D eigenvalue weighted by atomic mass is 79.9. The summed E-state index contributed by atoms with van der Waals surface area (Å²) in [6.07, 6.45) is 0.631. The Hall–Kier alpha value is -0.0500. The fraction of sp³-hybridized carbons (Fsp3) is 0.900. The summed E-state index contributed by atoms with van der Waals surface area (Å²) in [7, 11) is 0. The summed E-state index contributed by atoms with van der Waals surface area (Å²) >= 11 is 3.68. The molecule has 2 nitrogen and oxygen atoms in total. The van der Waals surface area contributed by atoms with Crippen molar-refractivity contribution >= 4 is 21.8 Å². The molecule has 3 heteroatoms. The highest BCUT2D eigenvalue weighted by molar-refractivity contribution is 9.09. The van der Waals surface area contributed by atoms with Gasteiger partial charge in [0.15, 0.2) is 0 Å². The fourth-order valence-corrected chi connectivity index (χ4v) is 2.29. The van der Waals surface area contributed by atoms with Gasteiger partial charge in [0, 0.05) is 24.3 Å². The van der Waals surface area contributed by atoms with E-state index in [9.17, 15) is 4.79 Å². The van der Waals surface area contributed by atoms with Crippen LogP contribution in [0.2, 0.25) is 0 Å². The second-order valence-corrected chi connectivity index (χ2v) is 5.11. The van der Waals surface area contributed by atoms with Gasteiger partial charge in [-0.1, -0.05) is 36.7 Å². The molecule has 0 spiro atoms. The number of alkyl halides is 1. The molecule has 2 unspecified atom stereocenters. The third-order valence-electron chi connectivity index (χ3n) is 2.76. The van der Waals surface area contributed by atoms with E-state index in [2.05, 4.69) is 29.8 Å². The van der Waals surface area contributed by atoms with Crippen LogP contribution in [0.3, 0.4) is 0 Å². The van der Waals surface area contributed by atoms with E-state index in [0.29, 0.717) is 23.1 Å². The smallest absolute Gasteiger partial charge is 0.222 e. The van der Waals surface area contributed by atoms with E-state index in [4.69, 9.17) is 0 Å². The van der Waals surface area contributed by atoms with Gasteiger partial charge in [-0.2, -0.15) is 0 Å². The van der Waals surface area contributed by atoms with E-state index in [1.807, 2.05) is 11.8 Å². The Labute approximate surface area is 88.8 Å². The quantitative estimate of drug-likeness (QED) is 0.652. The Balaban J connectivity index is 2.58. The first-order valence-electron chi connectivity index (χ1n) is 4.98. The number of nitrogens with zero attached hydrogens (tertiary/aromatic N) is 1. The summed E-state index contributed by atoms with van der Waals surface area (Å²) in [5.74, 6) is 1.43. The zero-order chi connectivity index (χ0) is 10.0. The SMILES string of the molecule is CCC(=O)N1CC(C)C(Br)C(C)C1. The van der Waals surface area contributed by atoms with E-state index in [1.54, 1.807) is 0 Å². The highest BCUT2D eigenvalue weighted by Gasteiger charge is 2.31. The van der Waals surface area contributed by atoms with Crippen molar-refractivity contribution in [3.8, 4) is 0 Å². The highest BCUT2D eigenvalue weighted by Crippen LogP contribution is 2.28. The maximum Gasteiger partial charge on any atom is 0.222 e. The molecule has 0 aromatic heterocycles. The van der Waals surface area contributed by atoms with Crippen LogP contribution in [0.4, 0.5) is 0 Å². The minimum atomic E-state index is 0.290. The summed E-state index contributed by atoms with van der Waals surface area (Å²) in [6.45, 7) is 8.15. The molecule has 1 aliphatic rings. The zero-order valence-electron chi connectivity index (χ0n) is 8.59. The molecule has 1 aliphatic heterocycles. The lowest BCUT2D eigenvalue weighted by atomic mass is 9.91. The van der Waals surface area contributed by atoms with Gasteiger partial charge in [0.25, 0.3) is 0 Å². The molecule has 1 fully saturated rings. The molecule has 0 radical (unpaired) electrons. The summed E-state index contributed by atoms with van der Waals surface area (Å²) in [5.41, 5.74) is 0. The first-order valence-corrected chi connectivity index (χ1v) is 5.89. The van der Waals surface area contributed by atoms with Gasteiger partial charge in [-0.15, -0.1) is 0 Å². The van der Waals surface area contributed by atoms with E-state index in [-0.39, 0.29) is 5.91 Å². The summed E-state index contributed by atoms with van der Waals surface area (Å²) < 4.78 is 0. The van der Waals surface area contributed by atoms with Crippen molar-refractivity contribution in [2.24, 2.45) is 11.8 Å². The molecular formula is C10H18BrNO. The van der Waals surface area contributed by atoms with Gasteiger partial charge in [0.1, 0.15) is 0 Å². The maximum absolute atomic E-state index is 11.5. The fourth-order valence-electron chi connectivity index (χ4n) is 1.96. The average molecular weight is 248 g/mol. The molecule has 1 rings (SSSR count). The predicted molar refractivity (Wildman–Crippen MR) is 57.9 cm³/mol. The number of piperidine rings is 1. The van der Waals surface area contributed by atoms with Crippen LogP contribution in [-0.2, 0) is 4.79 Å². The van der Waals surface area contributed by atoms with Crippen LogP contribution in [0.1, 0.15) is 27.2 Å². The van der Waals surface area contributed by atoms with E-state index < -0.39 is 0 Å². The van der Waals surface area contributed by atoms with Gasteiger partial charge in [-0.3, -0.25) is 4.79 Å². The normalized spacial score (nSPS) is 34.8. The van der Waals surface area contributed by atoms with Crippen molar-refractivity contribution in [3.63, 3.8) is 0 Å². The van der Waals surface area contributed by atoms with Crippen LogP contribution in [-0.4, -0.2) is 28.7 Å². The van der Waals surface area contributed by atoms with Gasteiger partial charge in [-0.25, -0.2) is 0 Å².